The van der Waals surface area contributed by atoms with Gasteiger partial charge in [0.2, 0.25) is 5.82 Å². The Kier molecular flexibility index (Phi) is 4.06. The minimum atomic E-state index is -4.90. The summed E-state index contributed by atoms with van der Waals surface area (Å²) in [6.45, 7) is 6.97. The third-order valence-corrected chi connectivity index (χ3v) is 2.88. The van der Waals surface area contributed by atoms with Crippen LogP contribution in [0.15, 0.2) is 41.1 Å². The summed E-state index contributed by atoms with van der Waals surface area (Å²) in [4.78, 5) is 10.8. The highest BCUT2D eigenvalue weighted by molar-refractivity contribution is 5.67. The first kappa shape index (κ1) is 16.4. The van der Waals surface area contributed by atoms with E-state index >= 15 is 0 Å². The van der Waals surface area contributed by atoms with Crippen LogP contribution in [0.25, 0.3) is 27.8 Å². The Labute approximate surface area is 137 Å². The molecule has 0 saturated carbocycles. The molecule has 10 heteroatoms. The van der Waals surface area contributed by atoms with Crippen molar-refractivity contribution >= 4 is 5.69 Å². The van der Waals surface area contributed by atoms with Crippen LogP contribution in [0.3, 0.4) is 0 Å². The van der Waals surface area contributed by atoms with Crippen molar-refractivity contribution in [1.82, 2.24) is 15.1 Å². The topological polar surface area (TPSA) is 65.4 Å². The monoisotopic (exact) mass is 350 g/mol. The van der Waals surface area contributed by atoms with E-state index in [4.69, 9.17) is 11.1 Å². The third kappa shape index (κ3) is 3.89. The lowest BCUT2D eigenvalue weighted by Crippen LogP contribution is -2.17. The standard InChI is InChI=1S/C15H6F4N4O2/c1-20-10-4-8(5-11(6-10)24-15(17,18)19)13-22-14(25-23-13)12-3-2-9(16)7-21-12/h2-7H. The minimum Gasteiger partial charge on any atom is -0.407 e. The average molecular weight is 350 g/mol. The number of rotatable bonds is 3. The number of ether oxygens (including phenoxy) is 1. The summed E-state index contributed by atoms with van der Waals surface area (Å²) in [6.07, 6.45) is -3.95. The van der Waals surface area contributed by atoms with Crippen LogP contribution in [0.2, 0.25) is 0 Å². The van der Waals surface area contributed by atoms with E-state index in [9.17, 15) is 17.6 Å². The van der Waals surface area contributed by atoms with Gasteiger partial charge in [0, 0.05) is 5.56 Å². The Bertz CT molecular complexity index is 945. The Morgan fingerprint density at radius 1 is 1.16 bits per heavy atom. The molecule has 0 bridgehead atoms. The van der Waals surface area contributed by atoms with Gasteiger partial charge in [-0.15, -0.1) is 13.2 Å². The first-order chi connectivity index (χ1) is 11.8. The first-order valence-corrected chi connectivity index (χ1v) is 6.58. The number of hydrogen-bond donors (Lipinski definition) is 0. The summed E-state index contributed by atoms with van der Waals surface area (Å²) in [6, 6.07) is 5.69. The van der Waals surface area contributed by atoms with Crippen LogP contribution in [-0.4, -0.2) is 21.5 Å². The summed E-state index contributed by atoms with van der Waals surface area (Å²) < 4.78 is 58.8. The smallest absolute Gasteiger partial charge is 0.407 e. The molecule has 0 spiro atoms. The normalized spacial score (nSPS) is 11.2. The van der Waals surface area contributed by atoms with E-state index in [0.29, 0.717) is 0 Å². The van der Waals surface area contributed by atoms with Crippen molar-refractivity contribution in [3.63, 3.8) is 0 Å². The minimum absolute atomic E-state index is 0.0542. The molecule has 1 aromatic carbocycles. The number of alkyl halides is 3. The predicted octanol–water partition coefficient (Wildman–Crippen LogP) is 4.39. The number of benzene rings is 1. The molecule has 0 radical (unpaired) electrons. The maximum Gasteiger partial charge on any atom is 0.573 e. The molecule has 2 aromatic heterocycles. The molecule has 3 aromatic rings. The second-order valence-corrected chi connectivity index (χ2v) is 4.66. The molecule has 0 aliphatic carbocycles. The highest BCUT2D eigenvalue weighted by atomic mass is 19.4. The molecule has 0 unspecified atom stereocenters. The van der Waals surface area contributed by atoms with Gasteiger partial charge in [-0.3, -0.25) is 0 Å². The lowest BCUT2D eigenvalue weighted by Gasteiger charge is -2.09. The van der Waals surface area contributed by atoms with Crippen LogP contribution in [0.4, 0.5) is 23.2 Å². The molecule has 126 valence electrons. The number of pyridine rings is 1. The Hall–Kier alpha value is -3.48. The van der Waals surface area contributed by atoms with Crippen molar-refractivity contribution in [2.24, 2.45) is 0 Å². The van der Waals surface area contributed by atoms with Crippen molar-refractivity contribution < 1.29 is 26.8 Å². The molecule has 0 atom stereocenters. The number of hydrogen-bond acceptors (Lipinski definition) is 5. The number of nitrogens with zero attached hydrogens (tertiary/aromatic N) is 4. The first-order valence-electron chi connectivity index (χ1n) is 6.58. The second-order valence-electron chi connectivity index (χ2n) is 4.66. The summed E-state index contributed by atoms with van der Waals surface area (Å²) in [5.74, 6) is -1.26. The fourth-order valence-corrected chi connectivity index (χ4v) is 1.92. The molecule has 0 amide bonds. The lowest BCUT2D eigenvalue weighted by atomic mass is 10.2. The van der Waals surface area contributed by atoms with E-state index in [0.717, 1.165) is 24.4 Å². The molecular weight excluding hydrogens is 344 g/mol. The van der Waals surface area contributed by atoms with Gasteiger partial charge in [-0.05, 0) is 30.3 Å². The van der Waals surface area contributed by atoms with Crippen molar-refractivity contribution in [2.45, 2.75) is 6.36 Å². The van der Waals surface area contributed by atoms with Gasteiger partial charge in [0.15, 0.2) is 5.69 Å². The van der Waals surface area contributed by atoms with E-state index < -0.39 is 17.9 Å². The van der Waals surface area contributed by atoms with Gasteiger partial charge in [0.05, 0.1) is 12.8 Å². The molecule has 2 heterocycles. The average Bonchev–Trinajstić information content (AvgIpc) is 3.03. The van der Waals surface area contributed by atoms with Crippen molar-refractivity contribution in [3.8, 4) is 28.7 Å². The van der Waals surface area contributed by atoms with Gasteiger partial charge in [-0.25, -0.2) is 14.2 Å². The van der Waals surface area contributed by atoms with Crippen LogP contribution in [-0.2, 0) is 0 Å². The van der Waals surface area contributed by atoms with Gasteiger partial charge >= 0.3 is 6.36 Å². The SMILES string of the molecule is [C-]#[N+]c1cc(OC(F)(F)F)cc(-c2noc(-c3ccc(F)cn3)n2)c1. The molecule has 25 heavy (non-hydrogen) atoms. The molecule has 3 rings (SSSR count). The lowest BCUT2D eigenvalue weighted by molar-refractivity contribution is -0.274. The van der Waals surface area contributed by atoms with Crippen LogP contribution in [0, 0.1) is 12.4 Å². The van der Waals surface area contributed by atoms with E-state index in [1.165, 1.54) is 12.1 Å². The van der Waals surface area contributed by atoms with Gasteiger partial charge in [-0.1, -0.05) is 5.16 Å². The maximum atomic E-state index is 12.9. The van der Waals surface area contributed by atoms with Crippen LogP contribution in [0.5, 0.6) is 5.75 Å². The van der Waals surface area contributed by atoms with E-state index in [1.54, 1.807) is 0 Å². The quantitative estimate of drug-likeness (QED) is 0.518. The molecule has 6 nitrogen and oxygen atoms in total. The summed E-state index contributed by atoms with van der Waals surface area (Å²) in [7, 11) is 0. The fourth-order valence-electron chi connectivity index (χ4n) is 1.92. The third-order valence-electron chi connectivity index (χ3n) is 2.88. The molecule has 0 aliphatic rings. The highest BCUT2D eigenvalue weighted by Crippen LogP contribution is 2.32. The molecule has 0 aliphatic heterocycles. The fraction of sp³-hybridized carbons (Fsp3) is 0.0667. The zero-order valence-electron chi connectivity index (χ0n) is 12.1. The molecule has 0 saturated heterocycles. The summed E-state index contributed by atoms with van der Waals surface area (Å²) in [5, 5.41) is 3.64. The van der Waals surface area contributed by atoms with E-state index in [-0.39, 0.29) is 28.7 Å². The Morgan fingerprint density at radius 2 is 1.96 bits per heavy atom. The van der Waals surface area contributed by atoms with Crippen molar-refractivity contribution in [2.75, 3.05) is 0 Å². The van der Waals surface area contributed by atoms with Crippen LogP contribution in [0.1, 0.15) is 0 Å². The molecule has 0 fully saturated rings. The van der Waals surface area contributed by atoms with Crippen LogP contribution >= 0.6 is 0 Å². The largest absolute Gasteiger partial charge is 0.573 e. The number of aromatic nitrogens is 3. The van der Waals surface area contributed by atoms with Crippen LogP contribution < -0.4 is 4.74 Å². The van der Waals surface area contributed by atoms with Gasteiger partial charge in [0.25, 0.3) is 5.89 Å². The Morgan fingerprint density at radius 3 is 2.60 bits per heavy atom. The zero-order chi connectivity index (χ0) is 18.0. The second kappa shape index (κ2) is 6.20. The predicted molar refractivity (Wildman–Crippen MR) is 75.9 cm³/mol. The Balaban J connectivity index is 1.98. The maximum absolute atomic E-state index is 12.9. The van der Waals surface area contributed by atoms with Crippen molar-refractivity contribution in [3.05, 3.63) is 53.8 Å². The van der Waals surface area contributed by atoms with E-state index in [1.807, 2.05) is 0 Å². The number of halogens is 4. The van der Waals surface area contributed by atoms with Gasteiger partial charge in [0.1, 0.15) is 17.3 Å². The molecule has 0 N–H and O–H groups in total. The van der Waals surface area contributed by atoms with Gasteiger partial charge in [-0.2, -0.15) is 4.98 Å². The van der Waals surface area contributed by atoms with E-state index in [2.05, 4.69) is 24.7 Å². The summed E-state index contributed by atoms with van der Waals surface area (Å²) in [5.41, 5.74) is 0.182. The summed E-state index contributed by atoms with van der Waals surface area (Å²) >= 11 is 0. The van der Waals surface area contributed by atoms with Gasteiger partial charge < -0.3 is 9.26 Å². The zero-order valence-corrected chi connectivity index (χ0v) is 12.1. The molecular formula is C15H6F4N4O2. The highest BCUT2D eigenvalue weighted by Gasteiger charge is 2.31. The van der Waals surface area contributed by atoms with Crippen molar-refractivity contribution in [1.29, 1.82) is 0 Å².